The number of carbonyl (C=O) groups excluding carboxylic acids is 1. The number of carbonyl (C=O) groups is 1. The SMILES string of the molecule is CN(C[C@@H]1CCCN(CCc2ccc(F)cc2)C1)C(=O)CCN1CCCCO1. The summed E-state index contributed by atoms with van der Waals surface area (Å²) < 4.78 is 13.0. The third-order valence-corrected chi connectivity index (χ3v) is 5.84. The Morgan fingerprint density at radius 3 is 2.75 bits per heavy atom. The maximum atomic E-state index is 13.0. The van der Waals surface area contributed by atoms with Gasteiger partial charge in [-0.15, -0.1) is 0 Å². The van der Waals surface area contributed by atoms with Crippen LogP contribution >= 0.6 is 0 Å². The summed E-state index contributed by atoms with van der Waals surface area (Å²) in [6, 6.07) is 6.80. The molecule has 1 aromatic carbocycles. The predicted molar refractivity (Wildman–Crippen MR) is 108 cm³/mol. The van der Waals surface area contributed by atoms with E-state index < -0.39 is 0 Å². The van der Waals surface area contributed by atoms with Gasteiger partial charge in [0.1, 0.15) is 5.82 Å². The van der Waals surface area contributed by atoms with Crippen molar-refractivity contribution in [1.29, 1.82) is 0 Å². The highest BCUT2D eigenvalue weighted by Crippen LogP contribution is 2.18. The van der Waals surface area contributed by atoms with E-state index >= 15 is 0 Å². The fourth-order valence-electron chi connectivity index (χ4n) is 4.17. The van der Waals surface area contributed by atoms with E-state index in [-0.39, 0.29) is 11.7 Å². The summed E-state index contributed by atoms with van der Waals surface area (Å²) in [4.78, 5) is 22.4. The van der Waals surface area contributed by atoms with Crippen molar-refractivity contribution in [2.24, 2.45) is 5.92 Å². The van der Waals surface area contributed by atoms with Crippen LogP contribution in [0.2, 0.25) is 0 Å². The second kappa shape index (κ2) is 10.9. The van der Waals surface area contributed by atoms with Crippen molar-refractivity contribution in [2.45, 2.75) is 38.5 Å². The van der Waals surface area contributed by atoms with Gasteiger partial charge in [0.15, 0.2) is 0 Å². The van der Waals surface area contributed by atoms with Gasteiger partial charge in [-0.25, -0.2) is 4.39 Å². The Morgan fingerprint density at radius 1 is 1.18 bits per heavy atom. The molecule has 0 aromatic heterocycles. The van der Waals surface area contributed by atoms with Crippen molar-refractivity contribution in [2.75, 3.05) is 52.9 Å². The Morgan fingerprint density at radius 2 is 2.00 bits per heavy atom. The monoisotopic (exact) mass is 391 g/mol. The van der Waals surface area contributed by atoms with E-state index in [2.05, 4.69) is 4.90 Å². The van der Waals surface area contributed by atoms with Crippen LogP contribution < -0.4 is 0 Å². The zero-order chi connectivity index (χ0) is 19.8. The smallest absolute Gasteiger partial charge is 0.223 e. The summed E-state index contributed by atoms with van der Waals surface area (Å²) in [5.74, 6) is 0.557. The van der Waals surface area contributed by atoms with Crippen molar-refractivity contribution in [3.05, 3.63) is 35.6 Å². The van der Waals surface area contributed by atoms with Gasteiger partial charge in [-0.05, 0) is 62.3 Å². The molecule has 0 radical (unpaired) electrons. The lowest BCUT2D eigenvalue weighted by Gasteiger charge is -2.35. The minimum absolute atomic E-state index is 0.179. The standard InChI is InChI=1S/C22H34FN3O2/c1-24(22(27)11-15-26-13-2-3-16-28-26)17-20-5-4-12-25(18-20)14-10-19-6-8-21(23)9-7-19/h6-9,20H,2-5,10-18H2,1H3/t20-/m0/s1. The highest BCUT2D eigenvalue weighted by molar-refractivity contribution is 5.76. The molecule has 5 nitrogen and oxygen atoms in total. The first kappa shape index (κ1) is 21.2. The molecule has 6 heteroatoms. The highest BCUT2D eigenvalue weighted by atomic mass is 19.1. The van der Waals surface area contributed by atoms with Gasteiger partial charge in [0.2, 0.25) is 5.91 Å². The Hall–Kier alpha value is -1.50. The van der Waals surface area contributed by atoms with Crippen LogP contribution in [0.1, 0.15) is 37.7 Å². The van der Waals surface area contributed by atoms with Gasteiger partial charge in [-0.1, -0.05) is 12.1 Å². The van der Waals surface area contributed by atoms with E-state index in [1.807, 2.05) is 29.1 Å². The number of rotatable bonds is 8. The molecule has 3 rings (SSSR count). The van der Waals surface area contributed by atoms with E-state index in [0.717, 1.165) is 58.6 Å². The normalized spacial score (nSPS) is 21.6. The van der Waals surface area contributed by atoms with Gasteiger partial charge in [-0.3, -0.25) is 9.63 Å². The Kier molecular flexibility index (Phi) is 8.25. The number of halogens is 1. The summed E-state index contributed by atoms with van der Waals surface area (Å²) in [6.07, 6.45) is 6.09. The van der Waals surface area contributed by atoms with Crippen molar-refractivity contribution >= 4 is 5.91 Å². The number of hydrogen-bond acceptors (Lipinski definition) is 4. The number of nitrogens with zero attached hydrogens (tertiary/aromatic N) is 3. The van der Waals surface area contributed by atoms with Crippen molar-refractivity contribution in [3.8, 4) is 0 Å². The van der Waals surface area contributed by atoms with Gasteiger partial charge < -0.3 is 9.80 Å². The molecule has 2 saturated heterocycles. The molecule has 2 heterocycles. The average molecular weight is 392 g/mol. The molecule has 0 aliphatic carbocycles. The second-order valence-corrected chi connectivity index (χ2v) is 8.18. The molecular weight excluding hydrogens is 357 g/mol. The Bertz CT molecular complexity index is 604. The fourth-order valence-corrected chi connectivity index (χ4v) is 4.17. The van der Waals surface area contributed by atoms with Crippen LogP contribution in [0.15, 0.2) is 24.3 Å². The van der Waals surface area contributed by atoms with E-state index in [0.29, 0.717) is 18.9 Å². The summed E-state index contributed by atoms with van der Waals surface area (Å²) in [5, 5.41) is 1.94. The number of benzene rings is 1. The third-order valence-electron chi connectivity index (χ3n) is 5.84. The largest absolute Gasteiger partial charge is 0.345 e. The molecule has 156 valence electrons. The molecule has 0 N–H and O–H groups in total. The van der Waals surface area contributed by atoms with Crippen LogP contribution in [0, 0.1) is 11.7 Å². The fraction of sp³-hybridized carbons (Fsp3) is 0.682. The first-order chi connectivity index (χ1) is 13.6. The van der Waals surface area contributed by atoms with E-state index in [1.54, 1.807) is 0 Å². The molecule has 2 fully saturated rings. The van der Waals surface area contributed by atoms with Gasteiger partial charge in [0.25, 0.3) is 0 Å². The Labute approximate surface area is 168 Å². The first-order valence-corrected chi connectivity index (χ1v) is 10.7. The van der Waals surface area contributed by atoms with Crippen LogP contribution in [-0.2, 0) is 16.1 Å². The zero-order valence-corrected chi connectivity index (χ0v) is 17.1. The molecule has 0 saturated carbocycles. The van der Waals surface area contributed by atoms with Crippen LogP contribution in [0.5, 0.6) is 0 Å². The predicted octanol–water partition coefficient (Wildman–Crippen LogP) is 2.96. The number of hydrogen-bond donors (Lipinski definition) is 0. The van der Waals surface area contributed by atoms with Crippen LogP contribution in [0.3, 0.4) is 0 Å². The van der Waals surface area contributed by atoms with Gasteiger partial charge in [0.05, 0.1) is 6.61 Å². The molecule has 2 aliphatic rings. The molecule has 0 unspecified atom stereocenters. The van der Waals surface area contributed by atoms with E-state index in [1.165, 1.54) is 30.5 Å². The number of piperidine rings is 1. The summed E-state index contributed by atoms with van der Waals surface area (Å²) in [6.45, 7) is 6.37. The molecule has 0 bridgehead atoms. The molecule has 1 amide bonds. The van der Waals surface area contributed by atoms with E-state index in [9.17, 15) is 9.18 Å². The van der Waals surface area contributed by atoms with Crippen LogP contribution in [0.4, 0.5) is 4.39 Å². The lowest BCUT2D eigenvalue weighted by atomic mass is 9.97. The maximum absolute atomic E-state index is 13.0. The topological polar surface area (TPSA) is 36.0 Å². The molecular formula is C22H34FN3O2. The van der Waals surface area contributed by atoms with E-state index in [4.69, 9.17) is 4.84 Å². The van der Waals surface area contributed by atoms with Gasteiger partial charge in [-0.2, -0.15) is 5.06 Å². The quantitative estimate of drug-likeness (QED) is 0.683. The summed E-state index contributed by atoms with van der Waals surface area (Å²) in [7, 11) is 1.93. The van der Waals surface area contributed by atoms with Crippen molar-refractivity contribution in [3.63, 3.8) is 0 Å². The molecule has 2 aliphatic heterocycles. The van der Waals surface area contributed by atoms with Gasteiger partial charge in [0, 0.05) is 46.2 Å². The minimum atomic E-state index is -0.179. The first-order valence-electron chi connectivity index (χ1n) is 10.7. The van der Waals surface area contributed by atoms with Crippen molar-refractivity contribution in [1.82, 2.24) is 14.9 Å². The second-order valence-electron chi connectivity index (χ2n) is 8.18. The van der Waals surface area contributed by atoms with Crippen molar-refractivity contribution < 1.29 is 14.0 Å². The molecule has 1 aromatic rings. The average Bonchev–Trinajstić information content (AvgIpc) is 2.72. The summed E-state index contributed by atoms with van der Waals surface area (Å²) >= 11 is 0. The third kappa shape index (κ3) is 6.83. The zero-order valence-electron chi connectivity index (χ0n) is 17.1. The summed E-state index contributed by atoms with van der Waals surface area (Å²) in [5.41, 5.74) is 1.18. The number of amides is 1. The lowest BCUT2D eigenvalue weighted by molar-refractivity contribution is -0.182. The molecule has 28 heavy (non-hydrogen) atoms. The molecule has 1 atom stereocenters. The highest BCUT2D eigenvalue weighted by Gasteiger charge is 2.23. The minimum Gasteiger partial charge on any atom is -0.345 e. The van der Waals surface area contributed by atoms with Gasteiger partial charge >= 0.3 is 0 Å². The van der Waals surface area contributed by atoms with Crippen LogP contribution in [0.25, 0.3) is 0 Å². The Balaban J connectivity index is 1.37. The number of likely N-dealkylation sites (tertiary alicyclic amines) is 1. The maximum Gasteiger partial charge on any atom is 0.223 e. The van der Waals surface area contributed by atoms with Crippen LogP contribution in [-0.4, -0.2) is 73.7 Å². The molecule has 0 spiro atoms. The lowest BCUT2D eigenvalue weighted by Crippen LogP contribution is -2.43. The number of hydroxylamine groups is 2.